The van der Waals surface area contributed by atoms with Crippen LogP contribution in [-0.4, -0.2) is 84.6 Å². The first-order valence-corrected chi connectivity index (χ1v) is 13.0. The highest BCUT2D eigenvalue weighted by Crippen LogP contribution is 2.36. The predicted octanol–water partition coefficient (Wildman–Crippen LogP) is 2.64. The summed E-state index contributed by atoms with van der Waals surface area (Å²) >= 11 is 6.91. The summed E-state index contributed by atoms with van der Waals surface area (Å²) in [5, 5.41) is 27.2. The molecule has 1 saturated carbocycles. The van der Waals surface area contributed by atoms with Gasteiger partial charge in [0, 0.05) is 57.0 Å². The molecule has 0 bridgehead atoms. The molecule has 1 aromatic carbocycles. The second kappa shape index (κ2) is 10.3. The molecule has 2 fully saturated rings. The number of hydrogen-bond donors (Lipinski definition) is 4. The number of halogens is 1. The van der Waals surface area contributed by atoms with Crippen LogP contribution >= 0.6 is 11.6 Å². The van der Waals surface area contributed by atoms with Crippen LogP contribution in [0.25, 0.3) is 5.65 Å². The van der Waals surface area contributed by atoms with Gasteiger partial charge in [-0.2, -0.15) is 4.98 Å². The van der Waals surface area contributed by atoms with E-state index in [9.17, 15) is 4.79 Å². The van der Waals surface area contributed by atoms with E-state index in [1.165, 1.54) is 12.4 Å². The first-order valence-electron chi connectivity index (χ1n) is 12.6. The molecule has 3 aromatic heterocycles. The van der Waals surface area contributed by atoms with Crippen molar-refractivity contribution in [2.45, 2.75) is 25.4 Å². The van der Waals surface area contributed by atoms with E-state index in [0.717, 1.165) is 18.5 Å². The molecule has 6 rings (SSSR count). The zero-order valence-corrected chi connectivity index (χ0v) is 21.8. The van der Waals surface area contributed by atoms with E-state index in [1.54, 1.807) is 40.1 Å². The van der Waals surface area contributed by atoms with Crippen LogP contribution in [-0.2, 0) is 11.3 Å². The van der Waals surface area contributed by atoms with Crippen molar-refractivity contribution in [3.63, 3.8) is 0 Å². The summed E-state index contributed by atoms with van der Waals surface area (Å²) in [7, 11) is 0. The normalized spacial score (nSPS) is 15.4. The summed E-state index contributed by atoms with van der Waals surface area (Å²) in [6, 6.07) is 3.99. The lowest BCUT2D eigenvalue weighted by atomic mass is 10.1. The molecule has 4 heterocycles. The van der Waals surface area contributed by atoms with Crippen LogP contribution in [0.1, 0.15) is 24.1 Å². The fourth-order valence-electron chi connectivity index (χ4n) is 4.56. The van der Waals surface area contributed by atoms with E-state index in [0.29, 0.717) is 65.7 Å². The third kappa shape index (κ3) is 5.12. The minimum atomic E-state index is 0.0429. The van der Waals surface area contributed by atoms with Gasteiger partial charge in [0.1, 0.15) is 12.2 Å². The van der Waals surface area contributed by atoms with Gasteiger partial charge in [-0.3, -0.25) is 4.79 Å². The van der Waals surface area contributed by atoms with Gasteiger partial charge >= 0.3 is 0 Å². The molecular weight excluding hydrogens is 520 g/mol. The smallest absolute Gasteiger partial charge is 0.247 e. The Labute approximate surface area is 228 Å². The molecule has 0 radical (unpaired) electrons. The van der Waals surface area contributed by atoms with Crippen molar-refractivity contribution in [2.24, 2.45) is 0 Å². The molecule has 0 unspecified atom stereocenters. The van der Waals surface area contributed by atoms with E-state index in [1.807, 2.05) is 11.0 Å². The maximum Gasteiger partial charge on any atom is 0.247 e. The summed E-state index contributed by atoms with van der Waals surface area (Å²) in [5.74, 6) is 0.914. The standard InChI is InChI=1S/C25H27ClN12O/c26-22-19(32-25-33-23(31-17-1-2-17)24-30-13-18(12-28)38(24)34-25)9-16(11-27)10-20(22)36-5-7-37(8-6-36)21(39)14-35-4-3-29-15-35/h3-4,9-13,15,17,27-28H,1-2,5-8,14H2,(H2,31,32,33,34). The number of carbonyl (C=O) groups excluding carboxylic acids is 1. The van der Waals surface area contributed by atoms with Crippen LogP contribution in [0.15, 0.2) is 37.1 Å². The van der Waals surface area contributed by atoms with Crippen molar-refractivity contribution in [2.75, 3.05) is 41.7 Å². The zero-order valence-electron chi connectivity index (χ0n) is 21.0. The quantitative estimate of drug-likeness (QED) is 0.233. The van der Waals surface area contributed by atoms with Crippen molar-refractivity contribution < 1.29 is 4.79 Å². The fraction of sp³-hybridized carbons (Fsp3) is 0.320. The Kier molecular flexibility index (Phi) is 6.57. The van der Waals surface area contributed by atoms with E-state index in [-0.39, 0.29) is 18.4 Å². The van der Waals surface area contributed by atoms with Crippen LogP contribution < -0.4 is 15.5 Å². The fourth-order valence-corrected chi connectivity index (χ4v) is 4.83. The molecule has 200 valence electrons. The van der Waals surface area contributed by atoms with E-state index in [4.69, 9.17) is 22.4 Å². The van der Waals surface area contributed by atoms with Gasteiger partial charge < -0.3 is 35.8 Å². The van der Waals surface area contributed by atoms with Gasteiger partial charge in [-0.25, -0.2) is 14.5 Å². The molecular formula is C25H27ClN12O. The Hall–Kier alpha value is -4.52. The number of hydrogen-bond acceptors (Lipinski definition) is 10. The monoisotopic (exact) mass is 546 g/mol. The average molecular weight is 547 g/mol. The SMILES string of the molecule is N=Cc1cc(Nc2nc(NC3CC3)c3ncc(C=N)n3n2)c(Cl)c(N2CCN(C(=O)Cn3ccnc3)CC2)c1. The number of fused-ring (bicyclic) bond motifs is 1. The topological polar surface area (TPSA) is 156 Å². The molecule has 2 aliphatic rings. The van der Waals surface area contributed by atoms with Crippen molar-refractivity contribution in [3.05, 3.63) is 53.3 Å². The first kappa shape index (κ1) is 24.8. The lowest BCUT2D eigenvalue weighted by molar-refractivity contribution is -0.132. The molecule has 4 aromatic rings. The number of nitrogens with one attached hydrogen (secondary N) is 4. The Morgan fingerprint density at radius 2 is 1.97 bits per heavy atom. The van der Waals surface area contributed by atoms with Crippen molar-refractivity contribution in [3.8, 4) is 0 Å². The van der Waals surface area contributed by atoms with Gasteiger partial charge in [-0.15, -0.1) is 5.10 Å². The second-order valence-electron chi connectivity index (χ2n) is 9.54. The molecule has 1 aliphatic carbocycles. The Morgan fingerprint density at radius 3 is 2.67 bits per heavy atom. The number of benzene rings is 1. The number of carbonyl (C=O) groups is 1. The van der Waals surface area contributed by atoms with Crippen LogP contribution in [0, 0.1) is 10.8 Å². The van der Waals surface area contributed by atoms with Gasteiger partial charge in [-0.1, -0.05) is 11.6 Å². The van der Waals surface area contributed by atoms with Gasteiger partial charge in [-0.05, 0) is 30.5 Å². The third-order valence-corrected chi connectivity index (χ3v) is 7.19. The summed E-state index contributed by atoms with van der Waals surface area (Å²) in [5.41, 5.74) is 3.05. The molecule has 4 N–H and O–H groups in total. The molecule has 39 heavy (non-hydrogen) atoms. The second-order valence-corrected chi connectivity index (χ2v) is 9.92. The minimum absolute atomic E-state index is 0.0429. The molecule has 13 nitrogen and oxygen atoms in total. The number of amides is 1. The van der Waals surface area contributed by atoms with Gasteiger partial charge in [0.2, 0.25) is 11.9 Å². The Bertz CT molecular complexity index is 1540. The van der Waals surface area contributed by atoms with Crippen molar-refractivity contribution in [1.29, 1.82) is 10.8 Å². The zero-order chi connectivity index (χ0) is 26.9. The number of rotatable bonds is 9. The molecule has 0 spiro atoms. The molecule has 1 amide bonds. The lowest BCUT2D eigenvalue weighted by Crippen LogP contribution is -2.49. The number of anilines is 4. The van der Waals surface area contributed by atoms with Crippen LogP contribution in [0.3, 0.4) is 0 Å². The number of nitrogens with zero attached hydrogens (tertiary/aromatic N) is 8. The lowest BCUT2D eigenvalue weighted by Gasteiger charge is -2.37. The van der Waals surface area contributed by atoms with Crippen LogP contribution in [0.2, 0.25) is 5.02 Å². The van der Waals surface area contributed by atoms with Gasteiger partial charge in [0.05, 0.1) is 28.9 Å². The minimum Gasteiger partial charge on any atom is -0.367 e. The highest BCUT2D eigenvalue weighted by atomic mass is 35.5. The number of aromatic nitrogens is 6. The van der Waals surface area contributed by atoms with E-state index < -0.39 is 0 Å². The molecule has 1 aliphatic heterocycles. The average Bonchev–Trinajstić information content (AvgIpc) is 3.43. The summed E-state index contributed by atoms with van der Waals surface area (Å²) in [4.78, 5) is 29.7. The highest BCUT2D eigenvalue weighted by molar-refractivity contribution is 6.36. The van der Waals surface area contributed by atoms with E-state index >= 15 is 0 Å². The largest absolute Gasteiger partial charge is 0.367 e. The summed E-state index contributed by atoms with van der Waals surface area (Å²) in [6.45, 7) is 2.59. The highest BCUT2D eigenvalue weighted by Gasteiger charge is 2.26. The first-order chi connectivity index (χ1) is 19.0. The van der Waals surface area contributed by atoms with Crippen molar-refractivity contribution >= 4 is 58.7 Å². The van der Waals surface area contributed by atoms with Gasteiger partial charge in [0.25, 0.3) is 0 Å². The maximum atomic E-state index is 12.7. The van der Waals surface area contributed by atoms with Gasteiger partial charge in [0.15, 0.2) is 11.5 Å². The Morgan fingerprint density at radius 1 is 1.15 bits per heavy atom. The third-order valence-electron chi connectivity index (χ3n) is 6.79. The molecule has 14 heteroatoms. The van der Waals surface area contributed by atoms with Crippen LogP contribution in [0.4, 0.5) is 23.1 Å². The van der Waals surface area contributed by atoms with Crippen molar-refractivity contribution in [1.82, 2.24) is 34.0 Å². The summed E-state index contributed by atoms with van der Waals surface area (Å²) < 4.78 is 3.33. The maximum absolute atomic E-state index is 12.7. The summed E-state index contributed by atoms with van der Waals surface area (Å²) in [6.07, 6.45) is 11.2. The van der Waals surface area contributed by atoms with E-state index in [2.05, 4.69) is 35.6 Å². The molecule has 0 atom stereocenters. The predicted molar refractivity (Wildman–Crippen MR) is 149 cm³/mol. The Balaban J connectivity index is 1.24. The molecule has 1 saturated heterocycles. The number of piperazine rings is 1. The number of imidazole rings is 2. The van der Waals surface area contributed by atoms with Crippen LogP contribution in [0.5, 0.6) is 0 Å².